The molecule has 1 aliphatic rings. The molecule has 0 saturated carbocycles. The molecule has 5 rings (SSSR count). The highest BCUT2D eigenvalue weighted by molar-refractivity contribution is 5.88. The van der Waals surface area contributed by atoms with Gasteiger partial charge in [0, 0.05) is 18.4 Å². The highest BCUT2D eigenvalue weighted by Gasteiger charge is 2.35. The van der Waals surface area contributed by atoms with Crippen LogP contribution in [0.3, 0.4) is 0 Å². The van der Waals surface area contributed by atoms with Gasteiger partial charge in [-0.25, -0.2) is 4.98 Å². The fourth-order valence-corrected chi connectivity index (χ4v) is 4.83. The largest absolute Gasteiger partial charge is 0.496 e. The first-order valence-corrected chi connectivity index (χ1v) is 16.0. The van der Waals surface area contributed by atoms with E-state index < -0.39 is 24.5 Å². The number of likely N-dealkylation sites (N-methyl/N-ethyl adjacent to an activating group) is 1. The quantitative estimate of drug-likeness (QED) is 0.101. The van der Waals surface area contributed by atoms with Gasteiger partial charge < -0.3 is 39.5 Å². The van der Waals surface area contributed by atoms with Crippen molar-refractivity contribution in [1.29, 1.82) is 0 Å². The normalized spacial score (nSPS) is 17.0. The number of nitrogens with one attached hydrogen (secondary N) is 1. The van der Waals surface area contributed by atoms with Crippen LogP contribution in [0.15, 0.2) is 74.1 Å². The van der Waals surface area contributed by atoms with Crippen LogP contribution in [0, 0.1) is 5.92 Å². The van der Waals surface area contributed by atoms with Gasteiger partial charge in [0.25, 0.3) is 5.92 Å². The SMILES string of the molecule is C=CC(F)(F)COC(=O)C(C)NC.C=CCCOc1nc(N)nc2c1ncn2C1OC(COC)CC1C.C=O.COc1cccc2ccccc12. The second kappa shape index (κ2) is 21.3. The van der Waals surface area contributed by atoms with Gasteiger partial charge in [0.1, 0.15) is 24.8 Å². The molecule has 0 amide bonds. The summed E-state index contributed by atoms with van der Waals surface area (Å²) >= 11 is 0. The number of nitrogen functional groups attached to an aromatic ring is 1. The van der Waals surface area contributed by atoms with Crippen LogP contribution in [0.5, 0.6) is 11.6 Å². The lowest BCUT2D eigenvalue weighted by Gasteiger charge is -2.17. The number of esters is 1. The van der Waals surface area contributed by atoms with Gasteiger partial charge in [0.2, 0.25) is 11.8 Å². The first-order valence-electron chi connectivity index (χ1n) is 16.0. The van der Waals surface area contributed by atoms with Gasteiger partial charge >= 0.3 is 5.97 Å². The van der Waals surface area contributed by atoms with E-state index in [1.165, 1.54) is 24.7 Å². The van der Waals surface area contributed by atoms with Crippen molar-refractivity contribution in [2.24, 2.45) is 5.92 Å². The number of hydrogen-bond acceptors (Lipinski definition) is 12. The lowest BCUT2D eigenvalue weighted by molar-refractivity contribution is -0.153. The zero-order chi connectivity index (χ0) is 38.0. The molecule has 0 bridgehead atoms. The summed E-state index contributed by atoms with van der Waals surface area (Å²) in [4.78, 5) is 31.8. The number of alkyl halides is 2. The number of methoxy groups -OCH3 is 2. The first-order chi connectivity index (χ1) is 24.5. The van der Waals surface area contributed by atoms with Crippen molar-refractivity contribution < 1.29 is 42.1 Å². The smallest absolute Gasteiger partial charge is 0.323 e. The summed E-state index contributed by atoms with van der Waals surface area (Å²) in [5, 5.41) is 4.96. The van der Waals surface area contributed by atoms with Crippen molar-refractivity contribution in [3.8, 4) is 11.6 Å². The van der Waals surface area contributed by atoms with Crippen LogP contribution >= 0.6 is 0 Å². The Morgan fingerprint density at radius 2 is 1.88 bits per heavy atom. The van der Waals surface area contributed by atoms with Gasteiger partial charge in [0.05, 0.1) is 32.8 Å². The van der Waals surface area contributed by atoms with Crippen LogP contribution in [0.4, 0.5) is 14.7 Å². The topological polar surface area (TPSA) is 162 Å². The molecule has 4 atom stereocenters. The number of nitrogens with zero attached hydrogens (tertiary/aromatic N) is 4. The van der Waals surface area contributed by atoms with E-state index >= 15 is 0 Å². The maximum absolute atomic E-state index is 12.5. The monoisotopic (exact) mass is 714 g/mol. The number of imidazole rings is 1. The predicted octanol–water partition coefficient (Wildman–Crippen LogP) is 5.56. The molecule has 1 aliphatic heterocycles. The lowest BCUT2D eigenvalue weighted by Crippen LogP contribution is -2.35. The second-order valence-corrected chi connectivity index (χ2v) is 11.2. The van der Waals surface area contributed by atoms with Gasteiger partial charge in [0.15, 0.2) is 17.8 Å². The molecule has 0 radical (unpaired) electrons. The Kier molecular flexibility index (Phi) is 17.6. The summed E-state index contributed by atoms with van der Waals surface area (Å²) < 4.78 is 53.3. The average molecular weight is 715 g/mol. The van der Waals surface area contributed by atoms with E-state index in [-0.39, 0.29) is 18.3 Å². The summed E-state index contributed by atoms with van der Waals surface area (Å²) in [6.07, 6.45) is 5.47. The minimum absolute atomic E-state index is 0.0648. The van der Waals surface area contributed by atoms with Crippen molar-refractivity contribution in [1.82, 2.24) is 24.8 Å². The van der Waals surface area contributed by atoms with E-state index in [0.717, 1.165) is 12.2 Å². The van der Waals surface area contributed by atoms with E-state index in [1.54, 1.807) is 26.6 Å². The number of nitrogens with two attached hydrogens (primary N) is 1. The third-order valence-electron chi connectivity index (χ3n) is 7.51. The number of aromatic nitrogens is 4. The molecule has 0 aliphatic carbocycles. The Morgan fingerprint density at radius 3 is 2.53 bits per heavy atom. The number of hydrogen-bond donors (Lipinski definition) is 2. The number of halogens is 2. The highest BCUT2D eigenvalue weighted by atomic mass is 19.3. The fraction of sp³-hybridized carbons (Fsp3) is 0.417. The van der Waals surface area contributed by atoms with Crippen molar-refractivity contribution in [3.63, 3.8) is 0 Å². The standard InChI is InChI=1S/C16H23N5O3.C11H10O.C8H13F2NO2.CH2O/c1-4-5-6-23-14-12-13(19-16(17)20-14)21(9-18-12)15-10(2)7-11(24-15)8-22-3;1-12-11-8-4-6-9-5-2-3-7-10(9)11;1-4-8(9,10)5-13-7(12)6(2)11-3;1-2/h4,9-11,15H,1,5-8H2,2-3H3,(H2,17,19,20);2-8H,1H3;4,6,11H,1,5H2,2-3H3;1H2. The number of rotatable bonds is 13. The molecule has 278 valence electrons. The number of carbonyl (C=O) groups excluding carboxylic acids is 2. The third kappa shape index (κ3) is 12.4. The first kappa shape index (κ1) is 42.2. The molecule has 13 nitrogen and oxygen atoms in total. The number of ether oxygens (including phenoxy) is 5. The molecule has 0 spiro atoms. The van der Waals surface area contributed by atoms with Crippen molar-refractivity contribution in [2.45, 2.75) is 51.0 Å². The fourth-order valence-electron chi connectivity index (χ4n) is 4.83. The number of benzene rings is 2. The summed E-state index contributed by atoms with van der Waals surface area (Å²) in [5.41, 5.74) is 7.04. The molecule has 3 heterocycles. The number of anilines is 1. The summed E-state index contributed by atoms with van der Waals surface area (Å²) in [5.74, 6) is -2.07. The minimum Gasteiger partial charge on any atom is -0.496 e. The number of carbonyl (C=O) groups is 2. The summed E-state index contributed by atoms with van der Waals surface area (Å²) in [6.45, 7) is 12.3. The van der Waals surface area contributed by atoms with E-state index in [2.05, 4.69) is 63.3 Å². The molecule has 1 fully saturated rings. The van der Waals surface area contributed by atoms with E-state index in [1.807, 2.05) is 35.6 Å². The van der Waals surface area contributed by atoms with Crippen LogP contribution in [0.2, 0.25) is 0 Å². The highest BCUT2D eigenvalue weighted by Crippen LogP contribution is 2.36. The maximum atomic E-state index is 12.5. The Morgan fingerprint density at radius 1 is 1.18 bits per heavy atom. The Labute approximate surface area is 296 Å². The van der Waals surface area contributed by atoms with Crippen LogP contribution in [0.25, 0.3) is 21.9 Å². The molecular weight excluding hydrogens is 666 g/mol. The van der Waals surface area contributed by atoms with E-state index in [9.17, 15) is 13.6 Å². The molecule has 2 aromatic heterocycles. The van der Waals surface area contributed by atoms with Gasteiger partial charge in [-0.05, 0) is 44.3 Å². The number of fused-ring (bicyclic) bond motifs is 2. The van der Waals surface area contributed by atoms with Gasteiger partial charge in [-0.2, -0.15) is 18.7 Å². The van der Waals surface area contributed by atoms with Crippen molar-refractivity contribution in [3.05, 3.63) is 74.1 Å². The van der Waals surface area contributed by atoms with Gasteiger partial charge in [-0.3, -0.25) is 9.36 Å². The molecular formula is C36H48F2N6O7. The molecule has 51 heavy (non-hydrogen) atoms. The molecule has 4 aromatic rings. The third-order valence-corrected chi connectivity index (χ3v) is 7.51. The molecule has 15 heteroatoms. The summed E-state index contributed by atoms with van der Waals surface area (Å²) in [7, 11) is 4.91. The summed E-state index contributed by atoms with van der Waals surface area (Å²) in [6, 6.07) is 13.7. The van der Waals surface area contributed by atoms with Crippen molar-refractivity contribution >= 4 is 40.6 Å². The Bertz CT molecular complexity index is 1680. The molecule has 2 aromatic carbocycles. The molecule has 1 saturated heterocycles. The van der Waals surface area contributed by atoms with Crippen LogP contribution in [-0.2, 0) is 23.8 Å². The Hall–Kier alpha value is -4.99. The van der Waals surface area contributed by atoms with Crippen molar-refractivity contribution in [2.75, 3.05) is 46.8 Å². The zero-order valence-corrected chi connectivity index (χ0v) is 29.7. The second-order valence-electron chi connectivity index (χ2n) is 11.2. The van der Waals surface area contributed by atoms with Crippen LogP contribution in [-0.4, -0.2) is 91.4 Å². The predicted molar refractivity (Wildman–Crippen MR) is 192 cm³/mol. The van der Waals surface area contributed by atoms with E-state index in [4.69, 9.17) is 29.5 Å². The van der Waals surface area contributed by atoms with Crippen LogP contribution in [0.1, 0.15) is 32.9 Å². The minimum atomic E-state index is -3.15. The molecule has 3 N–H and O–H groups in total. The zero-order valence-electron chi connectivity index (χ0n) is 29.7. The van der Waals surface area contributed by atoms with Gasteiger partial charge in [-0.15, -0.1) is 6.58 Å². The van der Waals surface area contributed by atoms with Crippen LogP contribution < -0.4 is 20.5 Å². The average Bonchev–Trinajstić information content (AvgIpc) is 3.73. The van der Waals surface area contributed by atoms with E-state index in [0.29, 0.717) is 48.7 Å². The molecule has 4 unspecified atom stereocenters. The lowest BCUT2D eigenvalue weighted by atomic mass is 10.1. The van der Waals surface area contributed by atoms with Gasteiger partial charge in [-0.1, -0.05) is 56.0 Å². The Balaban J connectivity index is 0.000000283. The maximum Gasteiger partial charge on any atom is 0.323 e.